The first-order chi connectivity index (χ1) is 15.5. The van der Waals surface area contributed by atoms with E-state index in [-0.39, 0.29) is 5.88 Å². The second-order valence-corrected chi connectivity index (χ2v) is 8.59. The smallest absolute Gasteiger partial charge is 0.280 e. The van der Waals surface area contributed by atoms with Crippen LogP contribution < -0.4 is 4.74 Å². The van der Waals surface area contributed by atoms with Crippen LogP contribution in [0.5, 0.6) is 11.6 Å². The summed E-state index contributed by atoms with van der Waals surface area (Å²) in [6.07, 6.45) is 0. The highest BCUT2D eigenvalue weighted by Crippen LogP contribution is 2.43. The van der Waals surface area contributed by atoms with Crippen LogP contribution in [0.1, 0.15) is 21.5 Å². The summed E-state index contributed by atoms with van der Waals surface area (Å²) in [6.45, 7) is 0. The zero-order chi connectivity index (χ0) is 22.4. The molecule has 1 N–H and O–H groups in total. The van der Waals surface area contributed by atoms with Crippen molar-refractivity contribution < 1.29 is 14.6 Å². The molecule has 0 saturated carbocycles. The topological polar surface area (TPSA) is 63.8 Å². The van der Waals surface area contributed by atoms with Gasteiger partial charge in [-0.15, -0.1) is 0 Å². The Bertz CT molecular complexity index is 1370. The van der Waals surface area contributed by atoms with Crippen LogP contribution in [0.3, 0.4) is 0 Å². The molecule has 3 aromatic carbocycles. The molecule has 4 aromatic rings. The number of methoxy groups -OCH3 is 1. The maximum Gasteiger partial charge on any atom is 0.280 e. The van der Waals surface area contributed by atoms with Gasteiger partial charge in [-0.05, 0) is 54.1 Å². The summed E-state index contributed by atoms with van der Waals surface area (Å²) in [5.74, 6) is 0.241. The largest absolute Gasteiger partial charge is 0.497 e. The Labute approximate surface area is 197 Å². The molecule has 1 aromatic heterocycles. The summed E-state index contributed by atoms with van der Waals surface area (Å²) < 4.78 is 7.85. The number of aliphatic imine (C=N–C) groups is 1. The Kier molecular flexibility index (Phi) is 5.12. The van der Waals surface area contributed by atoms with Crippen LogP contribution in [0.2, 0.25) is 5.02 Å². The molecule has 0 radical (unpaired) electrons. The number of fused-ring (bicyclic) bond motifs is 1. The molecule has 1 amide bonds. The standard InChI is InChI=1S/C25H16BrClN2O3/c1-32-19-12-10-18(11-13-19)29-23(15-2-6-16(26)7-3-15)21-20(25(29)31)22(28-24(21)30)14-4-8-17(27)9-5-14/h2-13,31H,1H3. The maximum atomic E-state index is 13.1. The lowest BCUT2D eigenvalue weighted by molar-refractivity contribution is 0.101. The molecule has 0 fully saturated rings. The van der Waals surface area contributed by atoms with Crippen molar-refractivity contribution in [2.75, 3.05) is 7.11 Å². The Hall–Kier alpha value is -3.35. The summed E-state index contributed by atoms with van der Waals surface area (Å²) in [6, 6.07) is 21.9. The number of aromatic nitrogens is 1. The van der Waals surface area contributed by atoms with E-state index in [9.17, 15) is 9.90 Å². The van der Waals surface area contributed by atoms with Crippen molar-refractivity contribution in [3.8, 4) is 28.6 Å². The number of hydrogen-bond acceptors (Lipinski definition) is 3. The van der Waals surface area contributed by atoms with Gasteiger partial charge < -0.3 is 9.84 Å². The van der Waals surface area contributed by atoms with Crippen LogP contribution in [-0.4, -0.2) is 28.4 Å². The lowest BCUT2D eigenvalue weighted by atomic mass is 10.0. The predicted molar refractivity (Wildman–Crippen MR) is 129 cm³/mol. The van der Waals surface area contributed by atoms with Crippen molar-refractivity contribution in [3.05, 3.63) is 99.0 Å². The number of benzene rings is 3. The normalized spacial score (nSPS) is 12.6. The number of hydrogen-bond donors (Lipinski definition) is 1. The summed E-state index contributed by atoms with van der Waals surface area (Å²) in [4.78, 5) is 17.4. The summed E-state index contributed by atoms with van der Waals surface area (Å²) in [5.41, 5.74) is 3.95. The molecule has 0 bridgehead atoms. The molecule has 0 spiro atoms. The SMILES string of the molecule is COc1ccc(-n2c(O)c3c(c2-c2ccc(Br)cc2)C(=O)N=C3c2ccc(Cl)cc2)cc1. The summed E-state index contributed by atoms with van der Waals surface area (Å²) in [7, 11) is 1.59. The minimum Gasteiger partial charge on any atom is -0.497 e. The van der Waals surface area contributed by atoms with Crippen LogP contribution >= 0.6 is 27.5 Å². The second kappa shape index (κ2) is 7.97. The van der Waals surface area contributed by atoms with E-state index in [1.807, 2.05) is 36.4 Å². The first kappa shape index (κ1) is 20.5. The molecule has 0 unspecified atom stereocenters. The van der Waals surface area contributed by atoms with E-state index in [1.54, 1.807) is 48.1 Å². The molecular formula is C25H16BrClN2O3. The third kappa shape index (κ3) is 3.32. The fraction of sp³-hybridized carbons (Fsp3) is 0.0400. The summed E-state index contributed by atoms with van der Waals surface area (Å²) >= 11 is 9.48. The van der Waals surface area contributed by atoms with Gasteiger partial charge in [0, 0.05) is 20.7 Å². The van der Waals surface area contributed by atoms with E-state index >= 15 is 0 Å². The van der Waals surface area contributed by atoms with Crippen LogP contribution in [-0.2, 0) is 0 Å². The van der Waals surface area contributed by atoms with Gasteiger partial charge in [0.25, 0.3) is 5.91 Å². The van der Waals surface area contributed by atoms with E-state index in [0.717, 1.165) is 10.0 Å². The number of nitrogens with zero attached hydrogens (tertiary/aromatic N) is 2. The quantitative estimate of drug-likeness (QED) is 0.354. The van der Waals surface area contributed by atoms with Crippen molar-refractivity contribution in [3.63, 3.8) is 0 Å². The number of amides is 1. The van der Waals surface area contributed by atoms with Crippen molar-refractivity contribution in [1.29, 1.82) is 0 Å². The fourth-order valence-corrected chi connectivity index (χ4v) is 4.28. The van der Waals surface area contributed by atoms with Gasteiger partial charge in [-0.25, -0.2) is 4.99 Å². The Morgan fingerprint density at radius 1 is 0.906 bits per heavy atom. The average Bonchev–Trinajstić information content (AvgIpc) is 3.30. The number of carbonyl (C=O) groups excluding carboxylic acids is 1. The van der Waals surface area contributed by atoms with Crippen molar-refractivity contribution in [2.45, 2.75) is 0 Å². The molecule has 32 heavy (non-hydrogen) atoms. The molecule has 5 rings (SSSR count). The van der Waals surface area contributed by atoms with E-state index in [2.05, 4.69) is 20.9 Å². The number of halogens is 2. The first-order valence-electron chi connectivity index (χ1n) is 9.75. The molecule has 5 nitrogen and oxygen atoms in total. The third-order valence-electron chi connectivity index (χ3n) is 5.38. The molecule has 2 heterocycles. The van der Waals surface area contributed by atoms with Gasteiger partial charge in [-0.3, -0.25) is 9.36 Å². The van der Waals surface area contributed by atoms with Crippen molar-refractivity contribution >= 4 is 39.1 Å². The maximum absolute atomic E-state index is 13.1. The second-order valence-electron chi connectivity index (χ2n) is 7.23. The minimum atomic E-state index is -0.398. The van der Waals surface area contributed by atoms with Crippen molar-refractivity contribution in [1.82, 2.24) is 4.57 Å². The highest BCUT2D eigenvalue weighted by atomic mass is 79.9. The van der Waals surface area contributed by atoms with Crippen LogP contribution in [0.25, 0.3) is 16.9 Å². The number of carbonyl (C=O) groups is 1. The third-order valence-corrected chi connectivity index (χ3v) is 6.16. The zero-order valence-electron chi connectivity index (χ0n) is 16.8. The minimum absolute atomic E-state index is 0.0531. The fourth-order valence-electron chi connectivity index (χ4n) is 3.89. The van der Waals surface area contributed by atoms with Gasteiger partial charge in [0.2, 0.25) is 5.88 Å². The Morgan fingerprint density at radius 3 is 2.16 bits per heavy atom. The lowest BCUT2D eigenvalue weighted by Gasteiger charge is -2.13. The summed E-state index contributed by atoms with van der Waals surface area (Å²) in [5, 5.41) is 12.0. The molecule has 0 saturated heterocycles. The Balaban J connectivity index is 1.79. The van der Waals surface area contributed by atoms with Gasteiger partial charge in [-0.1, -0.05) is 51.8 Å². The Morgan fingerprint density at radius 2 is 1.53 bits per heavy atom. The van der Waals surface area contributed by atoms with Gasteiger partial charge in [-0.2, -0.15) is 0 Å². The molecule has 1 aliphatic rings. The van der Waals surface area contributed by atoms with Crippen LogP contribution in [0.4, 0.5) is 0 Å². The van der Waals surface area contributed by atoms with Gasteiger partial charge in [0.15, 0.2) is 0 Å². The molecule has 7 heteroatoms. The monoisotopic (exact) mass is 506 g/mol. The molecule has 1 aliphatic heterocycles. The van der Waals surface area contributed by atoms with Gasteiger partial charge in [0.1, 0.15) is 5.75 Å². The molecule has 0 aliphatic carbocycles. The zero-order valence-corrected chi connectivity index (χ0v) is 19.2. The van der Waals surface area contributed by atoms with E-state index in [0.29, 0.717) is 44.6 Å². The van der Waals surface area contributed by atoms with E-state index < -0.39 is 5.91 Å². The van der Waals surface area contributed by atoms with E-state index in [4.69, 9.17) is 16.3 Å². The van der Waals surface area contributed by atoms with Crippen molar-refractivity contribution in [2.24, 2.45) is 4.99 Å². The molecule has 0 atom stereocenters. The average molecular weight is 508 g/mol. The highest BCUT2D eigenvalue weighted by molar-refractivity contribution is 9.10. The number of aromatic hydroxyl groups is 1. The van der Waals surface area contributed by atoms with Crippen LogP contribution in [0, 0.1) is 0 Å². The first-order valence-corrected chi connectivity index (χ1v) is 10.9. The number of ether oxygens (including phenoxy) is 1. The predicted octanol–water partition coefficient (Wildman–Crippen LogP) is 6.27. The highest BCUT2D eigenvalue weighted by Gasteiger charge is 2.36. The van der Waals surface area contributed by atoms with E-state index in [1.165, 1.54) is 0 Å². The van der Waals surface area contributed by atoms with Gasteiger partial charge in [0.05, 0.1) is 29.6 Å². The lowest BCUT2D eigenvalue weighted by Crippen LogP contribution is -2.02. The molecular weight excluding hydrogens is 492 g/mol. The van der Waals surface area contributed by atoms with Gasteiger partial charge >= 0.3 is 0 Å². The number of rotatable bonds is 4. The molecule has 158 valence electrons. The van der Waals surface area contributed by atoms with Crippen LogP contribution in [0.15, 0.2) is 82.3 Å².